The van der Waals surface area contributed by atoms with Crippen molar-refractivity contribution in [3.8, 4) is 0 Å². The van der Waals surface area contributed by atoms with E-state index in [2.05, 4.69) is 44.2 Å². The first-order chi connectivity index (χ1) is 9.07. The molecular weight excluding hydrogens is 232 g/mol. The third-order valence-electron chi connectivity index (χ3n) is 4.55. The van der Waals surface area contributed by atoms with Crippen molar-refractivity contribution in [1.82, 2.24) is 0 Å². The molecular formula is C18H20O. The number of hydrogen-bond acceptors (Lipinski definition) is 1. The first kappa shape index (κ1) is 12.4. The molecule has 1 atom stereocenters. The van der Waals surface area contributed by atoms with Crippen LogP contribution in [0.4, 0.5) is 0 Å². The lowest BCUT2D eigenvalue weighted by Gasteiger charge is -2.29. The lowest BCUT2D eigenvalue weighted by Crippen LogP contribution is -2.28. The second-order valence-electron chi connectivity index (χ2n) is 6.10. The summed E-state index contributed by atoms with van der Waals surface area (Å²) < 4.78 is 0. The van der Waals surface area contributed by atoms with Crippen LogP contribution in [0.2, 0.25) is 0 Å². The largest absolute Gasteiger partial charge is 0.294 e. The number of aryl methyl sites for hydroxylation is 2. The van der Waals surface area contributed by atoms with Crippen LogP contribution >= 0.6 is 0 Å². The van der Waals surface area contributed by atoms with Crippen molar-refractivity contribution in [2.45, 2.75) is 39.5 Å². The van der Waals surface area contributed by atoms with Gasteiger partial charge in [0.2, 0.25) is 0 Å². The molecule has 0 aliphatic heterocycles. The molecule has 1 heteroatoms. The Morgan fingerprint density at radius 1 is 1.00 bits per heavy atom. The molecule has 19 heavy (non-hydrogen) atoms. The van der Waals surface area contributed by atoms with E-state index >= 15 is 0 Å². The minimum atomic E-state index is -0.314. The molecule has 0 heterocycles. The number of benzene rings is 1. The second kappa shape index (κ2) is 4.48. The predicted molar refractivity (Wildman–Crippen MR) is 78.0 cm³/mol. The zero-order valence-electron chi connectivity index (χ0n) is 11.7. The van der Waals surface area contributed by atoms with Crippen molar-refractivity contribution in [1.29, 1.82) is 0 Å². The summed E-state index contributed by atoms with van der Waals surface area (Å²) >= 11 is 0. The van der Waals surface area contributed by atoms with Crippen LogP contribution in [0.25, 0.3) is 0 Å². The predicted octanol–water partition coefficient (Wildman–Crippen LogP) is 4.03. The van der Waals surface area contributed by atoms with E-state index in [1.165, 1.54) is 22.3 Å². The molecule has 0 saturated carbocycles. The normalized spacial score (nSPS) is 26.5. The van der Waals surface area contributed by atoms with E-state index in [0.29, 0.717) is 0 Å². The smallest absolute Gasteiger partial charge is 0.165 e. The van der Waals surface area contributed by atoms with Crippen molar-refractivity contribution in [2.75, 3.05) is 0 Å². The van der Waals surface area contributed by atoms with Gasteiger partial charge in [-0.25, -0.2) is 0 Å². The molecule has 0 N–H and O–H groups in total. The maximum absolute atomic E-state index is 12.4. The number of hydrogen-bond donors (Lipinski definition) is 0. The van der Waals surface area contributed by atoms with Gasteiger partial charge in [-0.15, -0.1) is 0 Å². The van der Waals surface area contributed by atoms with Crippen molar-refractivity contribution < 1.29 is 4.79 Å². The second-order valence-corrected chi connectivity index (χ2v) is 6.10. The van der Waals surface area contributed by atoms with Crippen LogP contribution in [0, 0.1) is 5.41 Å². The highest BCUT2D eigenvalue weighted by Crippen LogP contribution is 2.36. The van der Waals surface area contributed by atoms with Crippen molar-refractivity contribution >= 4 is 5.78 Å². The summed E-state index contributed by atoms with van der Waals surface area (Å²) in [5.41, 5.74) is 4.88. The molecule has 6 rings (SSSR count). The number of allylic oxidation sites excluding steroid dienone is 4. The van der Waals surface area contributed by atoms with Crippen LogP contribution in [0.1, 0.15) is 37.8 Å². The standard InChI is InChI=1S/C18H20O/c1-13-12-18(2)10-9-15-5-3-14(4-6-15)7-8-16(13)11-17(18)19/h3-6,11-12H,7-10H2,1-2H3. The highest BCUT2D eigenvalue weighted by Gasteiger charge is 2.32. The SMILES string of the molecule is CC1=CC2(C)CCc3ccc(cc3)CCC1=CC2=O. The molecule has 98 valence electrons. The maximum atomic E-state index is 12.4. The van der Waals surface area contributed by atoms with Gasteiger partial charge in [0.25, 0.3) is 0 Å². The molecule has 1 aromatic rings. The zero-order valence-corrected chi connectivity index (χ0v) is 11.7. The van der Waals surface area contributed by atoms with Gasteiger partial charge < -0.3 is 0 Å². The molecule has 0 amide bonds. The fourth-order valence-corrected chi connectivity index (χ4v) is 3.10. The molecule has 0 saturated heterocycles. The Labute approximate surface area is 115 Å². The van der Waals surface area contributed by atoms with Gasteiger partial charge in [0, 0.05) is 5.41 Å². The van der Waals surface area contributed by atoms with Gasteiger partial charge in [-0.05, 0) is 62.3 Å². The summed E-state index contributed by atoms with van der Waals surface area (Å²) in [4.78, 5) is 12.4. The van der Waals surface area contributed by atoms with Crippen LogP contribution < -0.4 is 0 Å². The Bertz CT molecular complexity index is 574. The van der Waals surface area contributed by atoms with Gasteiger partial charge in [-0.2, -0.15) is 0 Å². The molecule has 1 aromatic carbocycles. The molecule has 5 aliphatic carbocycles. The summed E-state index contributed by atoms with van der Waals surface area (Å²) in [7, 11) is 0. The van der Waals surface area contributed by atoms with Gasteiger partial charge in [0.05, 0.1) is 0 Å². The monoisotopic (exact) mass is 252 g/mol. The third-order valence-corrected chi connectivity index (χ3v) is 4.55. The average molecular weight is 252 g/mol. The third kappa shape index (κ3) is 2.30. The number of carbonyl (C=O) groups excluding carboxylic acids is 1. The lowest BCUT2D eigenvalue weighted by atomic mass is 9.73. The number of carbonyl (C=O) groups is 1. The minimum Gasteiger partial charge on any atom is -0.294 e. The molecule has 1 unspecified atom stereocenters. The van der Waals surface area contributed by atoms with Crippen LogP contribution in [-0.2, 0) is 17.6 Å². The summed E-state index contributed by atoms with van der Waals surface area (Å²) in [5.74, 6) is 0.281. The van der Waals surface area contributed by atoms with Gasteiger partial charge >= 0.3 is 0 Å². The molecule has 0 spiro atoms. The van der Waals surface area contributed by atoms with E-state index in [1.54, 1.807) is 0 Å². The average Bonchev–Trinajstić information content (AvgIpc) is 2.39. The minimum absolute atomic E-state index is 0.281. The molecule has 0 fully saturated rings. The molecule has 0 aromatic heterocycles. The number of rotatable bonds is 0. The summed E-state index contributed by atoms with van der Waals surface area (Å²) in [5, 5.41) is 0. The quantitative estimate of drug-likeness (QED) is 0.681. The Hall–Kier alpha value is -1.63. The van der Waals surface area contributed by atoms with Crippen molar-refractivity contribution in [3.63, 3.8) is 0 Å². The van der Waals surface area contributed by atoms with Gasteiger partial charge in [-0.3, -0.25) is 4.79 Å². The van der Waals surface area contributed by atoms with E-state index in [-0.39, 0.29) is 11.2 Å². The van der Waals surface area contributed by atoms with Crippen LogP contribution in [0.5, 0.6) is 0 Å². The van der Waals surface area contributed by atoms with Crippen molar-refractivity contribution in [2.24, 2.45) is 5.41 Å². The Morgan fingerprint density at radius 3 is 2.32 bits per heavy atom. The highest BCUT2D eigenvalue weighted by molar-refractivity contribution is 5.98. The fraction of sp³-hybridized carbons (Fsp3) is 0.389. The maximum Gasteiger partial charge on any atom is 0.165 e. The summed E-state index contributed by atoms with van der Waals surface area (Å²) in [6, 6.07) is 8.88. The Morgan fingerprint density at radius 2 is 1.63 bits per heavy atom. The number of ketones is 1. The van der Waals surface area contributed by atoms with E-state index in [4.69, 9.17) is 0 Å². The van der Waals surface area contributed by atoms with E-state index < -0.39 is 0 Å². The summed E-state index contributed by atoms with van der Waals surface area (Å²) in [6.45, 7) is 4.22. The van der Waals surface area contributed by atoms with Crippen LogP contribution in [0.3, 0.4) is 0 Å². The van der Waals surface area contributed by atoms with Gasteiger partial charge in [0.15, 0.2) is 5.78 Å². The van der Waals surface area contributed by atoms with Crippen LogP contribution in [0.15, 0.2) is 47.6 Å². The fourth-order valence-electron chi connectivity index (χ4n) is 3.10. The van der Waals surface area contributed by atoms with E-state index in [9.17, 15) is 4.79 Å². The topological polar surface area (TPSA) is 17.1 Å². The Balaban J connectivity index is 2.03. The Kier molecular flexibility index (Phi) is 2.93. The molecule has 0 radical (unpaired) electrons. The van der Waals surface area contributed by atoms with Crippen LogP contribution in [-0.4, -0.2) is 5.78 Å². The molecule has 4 bridgehead atoms. The first-order valence-electron chi connectivity index (χ1n) is 7.09. The summed E-state index contributed by atoms with van der Waals surface area (Å²) in [6.07, 6.45) is 7.93. The van der Waals surface area contributed by atoms with Gasteiger partial charge in [0.1, 0.15) is 0 Å². The molecule has 5 aliphatic rings. The highest BCUT2D eigenvalue weighted by atomic mass is 16.1. The zero-order chi connectivity index (χ0) is 13.5. The van der Waals surface area contributed by atoms with E-state index in [1.807, 2.05) is 6.08 Å². The molecule has 1 nitrogen and oxygen atoms in total. The van der Waals surface area contributed by atoms with E-state index in [0.717, 1.165) is 25.7 Å². The van der Waals surface area contributed by atoms with Crippen molar-refractivity contribution in [3.05, 3.63) is 58.7 Å². The van der Waals surface area contributed by atoms with Gasteiger partial charge in [-0.1, -0.05) is 35.9 Å². The lowest BCUT2D eigenvalue weighted by molar-refractivity contribution is -0.121. The first-order valence-corrected chi connectivity index (χ1v) is 7.09.